The van der Waals surface area contributed by atoms with Crippen molar-refractivity contribution < 1.29 is 4.39 Å². The largest absolute Gasteiger partial charge is 0.297 e. The number of halogens is 1. The van der Waals surface area contributed by atoms with Crippen LogP contribution in [-0.2, 0) is 0 Å². The van der Waals surface area contributed by atoms with Gasteiger partial charge in [-0.1, -0.05) is 12.1 Å². The van der Waals surface area contributed by atoms with Gasteiger partial charge in [0.25, 0.3) is 0 Å². The predicted octanol–water partition coefficient (Wildman–Crippen LogP) is 3.62. The first kappa shape index (κ1) is 12.0. The standard InChI is InChI=1S/C17H17FN2/c1-20-13-4-5-14(20)8-12(7-13)15-9-11-3-2-6-19-17(11)10-16(15)18/h2-3,6-7,9-10,13-14H,4-5,8H2,1H3. The van der Waals surface area contributed by atoms with Gasteiger partial charge in [-0.15, -0.1) is 0 Å². The van der Waals surface area contributed by atoms with Crippen LogP contribution in [0.5, 0.6) is 0 Å². The summed E-state index contributed by atoms with van der Waals surface area (Å²) in [5.41, 5.74) is 2.65. The summed E-state index contributed by atoms with van der Waals surface area (Å²) in [7, 11) is 2.18. The first-order valence-corrected chi connectivity index (χ1v) is 7.19. The molecule has 3 heteroatoms. The van der Waals surface area contributed by atoms with E-state index >= 15 is 0 Å². The molecule has 4 rings (SSSR count). The van der Waals surface area contributed by atoms with Gasteiger partial charge in [-0.25, -0.2) is 4.39 Å². The Balaban J connectivity index is 1.83. The third-order valence-corrected chi connectivity index (χ3v) is 4.78. The van der Waals surface area contributed by atoms with E-state index in [2.05, 4.69) is 23.0 Å². The minimum absolute atomic E-state index is 0.147. The first-order valence-electron chi connectivity index (χ1n) is 7.19. The average molecular weight is 268 g/mol. The lowest BCUT2D eigenvalue weighted by molar-refractivity contribution is 0.264. The number of hydrogen-bond acceptors (Lipinski definition) is 2. The summed E-state index contributed by atoms with van der Waals surface area (Å²) in [6.07, 6.45) is 7.33. The number of likely N-dealkylation sites (N-methyl/N-ethyl adjacent to an activating group) is 1. The Hall–Kier alpha value is -1.74. The lowest BCUT2D eigenvalue weighted by Crippen LogP contribution is -2.34. The zero-order valence-corrected chi connectivity index (χ0v) is 11.5. The van der Waals surface area contributed by atoms with Crippen LogP contribution >= 0.6 is 0 Å². The van der Waals surface area contributed by atoms with E-state index in [0.717, 1.165) is 22.9 Å². The molecule has 20 heavy (non-hydrogen) atoms. The molecule has 0 amide bonds. The van der Waals surface area contributed by atoms with E-state index in [1.54, 1.807) is 12.3 Å². The molecule has 2 aromatic rings. The van der Waals surface area contributed by atoms with E-state index in [4.69, 9.17) is 0 Å². The van der Waals surface area contributed by atoms with Gasteiger partial charge in [0.15, 0.2) is 0 Å². The Kier molecular flexibility index (Phi) is 2.64. The highest BCUT2D eigenvalue weighted by Gasteiger charge is 2.34. The first-order chi connectivity index (χ1) is 9.72. The fourth-order valence-electron chi connectivity index (χ4n) is 3.58. The van der Waals surface area contributed by atoms with E-state index in [9.17, 15) is 4.39 Å². The van der Waals surface area contributed by atoms with Gasteiger partial charge in [0.2, 0.25) is 0 Å². The maximum atomic E-state index is 14.4. The van der Waals surface area contributed by atoms with Crippen molar-refractivity contribution in [2.45, 2.75) is 31.3 Å². The molecule has 0 spiro atoms. The van der Waals surface area contributed by atoms with Crippen molar-refractivity contribution in [3.8, 4) is 0 Å². The molecule has 3 heterocycles. The van der Waals surface area contributed by atoms with Crippen molar-refractivity contribution in [2.24, 2.45) is 0 Å². The van der Waals surface area contributed by atoms with Gasteiger partial charge in [0.05, 0.1) is 5.52 Å². The van der Waals surface area contributed by atoms with E-state index in [-0.39, 0.29) is 5.82 Å². The number of pyridine rings is 1. The van der Waals surface area contributed by atoms with Crippen LogP contribution in [0.3, 0.4) is 0 Å². The summed E-state index contributed by atoms with van der Waals surface area (Å²) in [4.78, 5) is 6.64. The molecule has 1 fully saturated rings. The second kappa shape index (κ2) is 4.38. The van der Waals surface area contributed by atoms with Crippen molar-refractivity contribution in [1.82, 2.24) is 9.88 Å². The fraction of sp³-hybridized carbons (Fsp3) is 0.353. The molecule has 2 unspecified atom stereocenters. The highest BCUT2D eigenvalue weighted by atomic mass is 19.1. The number of aromatic nitrogens is 1. The molecule has 1 aromatic heterocycles. The normalized spacial score (nSPS) is 26.0. The molecule has 2 atom stereocenters. The average Bonchev–Trinajstić information content (AvgIpc) is 2.68. The maximum Gasteiger partial charge on any atom is 0.132 e. The quantitative estimate of drug-likeness (QED) is 0.785. The summed E-state index contributed by atoms with van der Waals surface area (Å²) >= 11 is 0. The van der Waals surface area contributed by atoms with Crippen LogP contribution < -0.4 is 0 Å². The van der Waals surface area contributed by atoms with Gasteiger partial charge in [-0.05, 0) is 44.0 Å². The van der Waals surface area contributed by atoms with Crippen molar-refractivity contribution in [1.29, 1.82) is 0 Å². The molecule has 1 saturated heterocycles. The second-order valence-electron chi connectivity index (χ2n) is 5.89. The minimum Gasteiger partial charge on any atom is -0.297 e. The van der Waals surface area contributed by atoms with Crippen LogP contribution in [0.1, 0.15) is 24.8 Å². The molecule has 0 saturated carbocycles. The van der Waals surface area contributed by atoms with Crippen LogP contribution in [0.2, 0.25) is 0 Å². The summed E-state index contributed by atoms with van der Waals surface area (Å²) in [6.45, 7) is 0. The monoisotopic (exact) mass is 268 g/mol. The van der Waals surface area contributed by atoms with Crippen LogP contribution in [0.15, 0.2) is 36.5 Å². The zero-order valence-electron chi connectivity index (χ0n) is 11.5. The summed E-state index contributed by atoms with van der Waals surface area (Å²) in [5.74, 6) is -0.147. The zero-order chi connectivity index (χ0) is 13.7. The van der Waals surface area contributed by atoms with E-state index in [0.29, 0.717) is 12.1 Å². The molecule has 2 aliphatic rings. The van der Waals surface area contributed by atoms with E-state index < -0.39 is 0 Å². The third kappa shape index (κ3) is 1.77. The number of hydrogen-bond donors (Lipinski definition) is 0. The van der Waals surface area contributed by atoms with Crippen molar-refractivity contribution in [3.63, 3.8) is 0 Å². The maximum absolute atomic E-state index is 14.4. The summed E-state index contributed by atoms with van der Waals surface area (Å²) in [5, 5.41) is 1.01. The Morgan fingerprint density at radius 2 is 2.20 bits per heavy atom. The Labute approximate surface area is 117 Å². The van der Waals surface area contributed by atoms with E-state index in [1.807, 2.05) is 18.2 Å². The highest BCUT2D eigenvalue weighted by Crippen LogP contribution is 2.38. The van der Waals surface area contributed by atoms with Crippen LogP contribution in [0.25, 0.3) is 16.5 Å². The van der Waals surface area contributed by atoms with Crippen molar-refractivity contribution in [3.05, 3.63) is 47.9 Å². The van der Waals surface area contributed by atoms with Gasteiger partial charge >= 0.3 is 0 Å². The van der Waals surface area contributed by atoms with Gasteiger partial charge in [-0.2, -0.15) is 0 Å². The number of nitrogens with zero attached hydrogens (tertiary/aromatic N) is 2. The highest BCUT2D eigenvalue weighted by molar-refractivity contribution is 5.84. The van der Waals surface area contributed by atoms with Crippen LogP contribution in [0.4, 0.5) is 4.39 Å². The molecular weight excluding hydrogens is 251 g/mol. The number of fused-ring (bicyclic) bond motifs is 3. The molecule has 2 nitrogen and oxygen atoms in total. The van der Waals surface area contributed by atoms with Crippen molar-refractivity contribution in [2.75, 3.05) is 7.05 Å². The lowest BCUT2D eigenvalue weighted by Gasteiger charge is -2.30. The second-order valence-corrected chi connectivity index (χ2v) is 5.89. The molecule has 2 aliphatic heterocycles. The smallest absolute Gasteiger partial charge is 0.132 e. The molecule has 0 N–H and O–H groups in total. The summed E-state index contributed by atoms with van der Waals surface area (Å²) < 4.78 is 14.4. The minimum atomic E-state index is -0.147. The number of rotatable bonds is 1. The Morgan fingerprint density at radius 3 is 3.05 bits per heavy atom. The SMILES string of the molecule is CN1C2C=C(c3cc4cccnc4cc3F)CC1CC2. The molecular formula is C17H17FN2. The predicted molar refractivity (Wildman–Crippen MR) is 78.9 cm³/mol. The molecule has 2 bridgehead atoms. The van der Waals surface area contributed by atoms with Gasteiger partial charge in [0, 0.05) is 35.3 Å². The van der Waals surface area contributed by atoms with Gasteiger partial charge in [-0.3, -0.25) is 9.88 Å². The third-order valence-electron chi connectivity index (χ3n) is 4.78. The van der Waals surface area contributed by atoms with E-state index in [1.165, 1.54) is 18.4 Å². The van der Waals surface area contributed by atoms with Gasteiger partial charge in [0.1, 0.15) is 5.82 Å². The molecule has 0 aliphatic carbocycles. The summed E-state index contributed by atoms with van der Waals surface area (Å²) in [6, 6.07) is 8.46. The molecule has 1 aromatic carbocycles. The Bertz CT molecular complexity index is 707. The van der Waals surface area contributed by atoms with Crippen LogP contribution in [-0.4, -0.2) is 29.0 Å². The molecule has 102 valence electrons. The van der Waals surface area contributed by atoms with Crippen LogP contribution in [0, 0.1) is 5.82 Å². The Morgan fingerprint density at radius 1 is 1.30 bits per heavy atom. The lowest BCUT2D eigenvalue weighted by atomic mass is 9.93. The molecule has 0 radical (unpaired) electrons. The number of benzene rings is 1. The fourth-order valence-corrected chi connectivity index (χ4v) is 3.58. The van der Waals surface area contributed by atoms with Gasteiger partial charge < -0.3 is 0 Å². The topological polar surface area (TPSA) is 16.1 Å². The van der Waals surface area contributed by atoms with Crippen molar-refractivity contribution >= 4 is 16.5 Å².